The third-order valence-corrected chi connectivity index (χ3v) is 3.97. The molecule has 0 spiro atoms. The number of rotatable bonds is 3. The van der Waals surface area contributed by atoms with Crippen molar-refractivity contribution >= 4 is 22.2 Å². The highest BCUT2D eigenvalue weighted by Gasteiger charge is 2.08. The Labute approximate surface area is 154 Å². The van der Waals surface area contributed by atoms with E-state index in [1.807, 2.05) is 74.8 Å². The molecule has 0 aliphatic rings. The third-order valence-electron chi connectivity index (χ3n) is 3.97. The quantitative estimate of drug-likeness (QED) is 0.395. The monoisotopic (exact) mass is 338 g/mol. The van der Waals surface area contributed by atoms with Crippen molar-refractivity contribution in [2.24, 2.45) is 4.99 Å². The summed E-state index contributed by atoms with van der Waals surface area (Å²) in [6, 6.07) is 28.7. The predicted octanol–water partition coefficient (Wildman–Crippen LogP) is 6.43. The van der Waals surface area contributed by atoms with Crippen LogP contribution in [0.3, 0.4) is 0 Å². The first-order valence-corrected chi connectivity index (χ1v) is 8.94. The van der Waals surface area contributed by atoms with Gasteiger partial charge < -0.3 is 0 Å². The molecule has 0 saturated heterocycles. The van der Waals surface area contributed by atoms with Crippen LogP contribution in [0, 0.1) is 0 Å². The molecule has 0 radical (unpaired) electrons. The van der Waals surface area contributed by atoms with Crippen molar-refractivity contribution in [3.8, 4) is 0 Å². The lowest BCUT2D eigenvalue weighted by Crippen LogP contribution is -2.02. The second kappa shape index (κ2) is 8.72. The molecular formula is C24H22N2. The number of hydrogen-bond acceptors (Lipinski definition) is 2. The van der Waals surface area contributed by atoms with Gasteiger partial charge in [-0.05, 0) is 0 Å². The van der Waals surface area contributed by atoms with Crippen LogP contribution >= 0.6 is 0 Å². The third kappa shape index (κ3) is 3.86. The maximum absolute atomic E-state index is 4.98. The Morgan fingerprint density at radius 2 is 1.19 bits per heavy atom. The van der Waals surface area contributed by atoms with Gasteiger partial charge in [-0.3, -0.25) is 4.98 Å². The molecule has 0 aliphatic heterocycles. The van der Waals surface area contributed by atoms with E-state index in [9.17, 15) is 0 Å². The minimum absolute atomic E-state index is 0.885. The summed E-state index contributed by atoms with van der Waals surface area (Å²) in [4.78, 5) is 9.33. The van der Waals surface area contributed by atoms with Crippen molar-refractivity contribution in [2.75, 3.05) is 0 Å². The van der Waals surface area contributed by atoms with Crippen LogP contribution < -0.4 is 0 Å². The largest absolute Gasteiger partial charge is 0.262 e. The van der Waals surface area contributed by atoms with Crippen LogP contribution in [0.1, 0.15) is 25.0 Å². The summed E-state index contributed by atoms with van der Waals surface area (Å²) in [6.07, 6.45) is 3.70. The molecule has 0 bridgehead atoms. The van der Waals surface area contributed by atoms with Crippen LogP contribution in [0.4, 0.5) is 5.69 Å². The van der Waals surface area contributed by atoms with Gasteiger partial charge in [0.05, 0.1) is 17.6 Å². The molecule has 0 aliphatic carbocycles. The van der Waals surface area contributed by atoms with Crippen molar-refractivity contribution in [1.29, 1.82) is 0 Å². The lowest BCUT2D eigenvalue weighted by atomic mass is 10.0. The van der Waals surface area contributed by atoms with E-state index in [-0.39, 0.29) is 0 Å². The highest BCUT2D eigenvalue weighted by atomic mass is 14.8. The number of aliphatic imine (C=N–C) groups is 1. The minimum atomic E-state index is 0.885. The van der Waals surface area contributed by atoms with Crippen molar-refractivity contribution in [1.82, 2.24) is 4.98 Å². The van der Waals surface area contributed by atoms with E-state index < -0.39 is 0 Å². The Morgan fingerprint density at radius 3 is 1.81 bits per heavy atom. The molecule has 26 heavy (non-hydrogen) atoms. The van der Waals surface area contributed by atoms with Crippen LogP contribution in [-0.4, -0.2) is 10.7 Å². The van der Waals surface area contributed by atoms with E-state index in [0.717, 1.165) is 33.3 Å². The van der Waals surface area contributed by atoms with E-state index in [1.54, 1.807) is 0 Å². The number of pyridine rings is 1. The predicted molar refractivity (Wildman–Crippen MR) is 111 cm³/mol. The average Bonchev–Trinajstić information content (AvgIpc) is 2.75. The molecule has 128 valence electrons. The first kappa shape index (κ1) is 17.6. The van der Waals surface area contributed by atoms with Crippen molar-refractivity contribution in [3.05, 3.63) is 108 Å². The zero-order valence-corrected chi connectivity index (χ0v) is 15.1. The molecule has 2 nitrogen and oxygen atoms in total. The van der Waals surface area contributed by atoms with Crippen molar-refractivity contribution in [2.45, 2.75) is 13.8 Å². The Bertz CT molecular complexity index is 943. The van der Waals surface area contributed by atoms with Crippen molar-refractivity contribution < 1.29 is 0 Å². The fraction of sp³-hybridized carbons (Fsp3) is 0.0833. The Hall–Kier alpha value is -3.26. The topological polar surface area (TPSA) is 25.2 Å². The summed E-state index contributed by atoms with van der Waals surface area (Å²) in [6.45, 7) is 4.00. The van der Waals surface area contributed by atoms with Gasteiger partial charge in [-0.25, -0.2) is 4.99 Å². The van der Waals surface area contributed by atoms with Gasteiger partial charge in [0.25, 0.3) is 0 Å². The van der Waals surface area contributed by atoms with Gasteiger partial charge >= 0.3 is 0 Å². The molecule has 0 N–H and O–H groups in total. The number of fused-ring (bicyclic) bond motifs is 1. The molecule has 4 rings (SSSR count). The first-order chi connectivity index (χ1) is 12.9. The lowest BCUT2D eigenvalue weighted by Gasteiger charge is -2.09. The number of benzene rings is 3. The molecule has 2 heteroatoms. The summed E-state index contributed by atoms with van der Waals surface area (Å²) >= 11 is 0. The summed E-state index contributed by atoms with van der Waals surface area (Å²) in [7, 11) is 0. The smallest absolute Gasteiger partial charge is 0.0898 e. The summed E-state index contributed by atoms with van der Waals surface area (Å²) < 4.78 is 0. The van der Waals surface area contributed by atoms with E-state index >= 15 is 0 Å². The van der Waals surface area contributed by atoms with E-state index in [1.165, 1.54) is 0 Å². The van der Waals surface area contributed by atoms with Gasteiger partial charge in [-0.1, -0.05) is 98.8 Å². The lowest BCUT2D eigenvalue weighted by molar-refractivity contribution is 1.34. The molecule has 0 amide bonds. The molecule has 0 saturated carbocycles. The van der Waals surface area contributed by atoms with Gasteiger partial charge in [0.2, 0.25) is 0 Å². The van der Waals surface area contributed by atoms with Gasteiger partial charge in [0.15, 0.2) is 0 Å². The standard InChI is InChI=1S/C22H16N2.C2H6/c1-3-9-17(10-4-1)22(18-11-5-2-6-12-18)24-21-16-23-15-19-13-7-8-14-20(19)21;1-2/h1-16H;1-2H3. The van der Waals surface area contributed by atoms with Gasteiger partial charge in [0, 0.05) is 28.1 Å². The van der Waals surface area contributed by atoms with Crippen LogP contribution in [0.5, 0.6) is 0 Å². The second-order valence-corrected chi connectivity index (χ2v) is 5.57. The maximum Gasteiger partial charge on any atom is 0.0898 e. The number of hydrogen-bond donors (Lipinski definition) is 0. The SMILES string of the molecule is CC.c1ccc(C(=Nc2cncc3ccccc23)c2ccccc2)cc1. The van der Waals surface area contributed by atoms with Crippen LogP contribution in [0.15, 0.2) is 102 Å². The van der Waals surface area contributed by atoms with Crippen molar-refractivity contribution in [3.63, 3.8) is 0 Å². The zero-order chi connectivity index (χ0) is 18.2. The average molecular weight is 338 g/mol. The number of aromatic nitrogens is 1. The molecule has 0 unspecified atom stereocenters. The van der Waals surface area contributed by atoms with E-state index in [0.29, 0.717) is 0 Å². The molecule has 0 fully saturated rings. The Kier molecular flexibility index (Phi) is 5.89. The molecule has 1 aromatic heterocycles. The fourth-order valence-corrected chi connectivity index (χ4v) is 2.80. The molecule has 3 aromatic carbocycles. The fourth-order valence-electron chi connectivity index (χ4n) is 2.80. The van der Waals surface area contributed by atoms with Gasteiger partial charge in [-0.15, -0.1) is 0 Å². The van der Waals surface area contributed by atoms with E-state index in [2.05, 4.69) is 41.4 Å². The molecule has 0 atom stereocenters. The summed E-state index contributed by atoms with van der Waals surface area (Å²) in [5, 5.41) is 2.20. The highest BCUT2D eigenvalue weighted by molar-refractivity contribution is 6.14. The molecule has 1 heterocycles. The summed E-state index contributed by atoms with van der Waals surface area (Å²) in [5.41, 5.74) is 4.03. The van der Waals surface area contributed by atoms with Crippen LogP contribution in [-0.2, 0) is 0 Å². The maximum atomic E-state index is 4.98. The zero-order valence-electron chi connectivity index (χ0n) is 15.1. The second-order valence-electron chi connectivity index (χ2n) is 5.57. The van der Waals surface area contributed by atoms with Crippen LogP contribution in [0.2, 0.25) is 0 Å². The Balaban J connectivity index is 0.000000948. The minimum Gasteiger partial charge on any atom is -0.262 e. The van der Waals surface area contributed by atoms with Gasteiger partial charge in [0.1, 0.15) is 0 Å². The van der Waals surface area contributed by atoms with E-state index in [4.69, 9.17) is 4.99 Å². The number of nitrogens with zero attached hydrogens (tertiary/aromatic N) is 2. The summed E-state index contributed by atoms with van der Waals surface area (Å²) in [5.74, 6) is 0. The molecule has 4 aromatic rings. The molecular weight excluding hydrogens is 316 g/mol. The Morgan fingerprint density at radius 1 is 0.654 bits per heavy atom. The normalized spacial score (nSPS) is 9.92. The highest BCUT2D eigenvalue weighted by Crippen LogP contribution is 2.26. The first-order valence-electron chi connectivity index (χ1n) is 8.94. The van der Waals surface area contributed by atoms with Crippen LogP contribution in [0.25, 0.3) is 10.8 Å². The van der Waals surface area contributed by atoms with Gasteiger partial charge in [-0.2, -0.15) is 0 Å².